The Bertz CT molecular complexity index is 284. The summed E-state index contributed by atoms with van der Waals surface area (Å²) < 4.78 is 7.20. The molecule has 1 atom stereocenters. The van der Waals surface area contributed by atoms with Gasteiger partial charge in [0.2, 0.25) is 0 Å². The molecule has 1 aromatic rings. The quantitative estimate of drug-likeness (QED) is 0.832. The van der Waals surface area contributed by atoms with Crippen LogP contribution < -0.4 is 5.32 Å². The SMILES string of the molecule is CSCCC(C)NCc1cc(Br)c(Br)o1. The van der Waals surface area contributed by atoms with Crippen LogP contribution in [-0.2, 0) is 6.54 Å². The van der Waals surface area contributed by atoms with Crippen LogP contribution in [0.4, 0.5) is 0 Å². The van der Waals surface area contributed by atoms with Crippen LogP contribution in [0.2, 0.25) is 0 Å². The van der Waals surface area contributed by atoms with Crippen molar-refractivity contribution < 1.29 is 4.42 Å². The Balaban J connectivity index is 2.30. The van der Waals surface area contributed by atoms with Crippen molar-refractivity contribution in [3.8, 4) is 0 Å². The molecular weight excluding hydrogens is 342 g/mol. The Kier molecular flexibility index (Phi) is 6.34. The van der Waals surface area contributed by atoms with Crippen molar-refractivity contribution in [2.24, 2.45) is 0 Å². The molecule has 0 aliphatic rings. The van der Waals surface area contributed by atoms with Gasteiger partial charge >= 0.3 is 0 Å². The third-order valence-corrected chi connectivity index (χ3v) is 4.43. The Labute approximate surface area is 112 Å². The molecule has 0 saturated carbocycles. The van der Waals surface area contributed by atoms with Crippen LogP contribution in [0.25, 0.3) is 0 Å². The zero-order chi connectivity index (χ0) is 11.3. The van der Waals surface area contributed by atoms with Gasteiger partial charge in [0.15, 0.2) is 4.67 Å². The average Bonchev–Trinajstić information content (AvgIpc) is 2.52. The molecule has 1 unspecified atom stereocenters. The van der Waals surface area contributed by atoms with Gasteiger partial charge in [-0.1, -0.05) is 0 Å². The fourth-order valence-electron chi connectivity index (χ4n) is 1.15. The summed E-state index contributed by atoms with van der Waals surface area (Å²) in [6, 6.07) is 2.51. The van der Waals surface area contributed by atoms with E-state index in [0.717, 1.165) is 21.4 Å². The van der Waals surface area contributed by atoms with Gasteiger partial charge in [-0.05, 0) is 63.3 Å². The molecule has 0 aromatic carbocycles. The van der Waals surface area contributed by atoms with E-state index in [-0.39, 0.29) is 0 Å². The summed E-state index contributed by atoms with van der Waals surface area (Å²) in [6.07, 6.45) is 3.32. The number of furan rings is 1. The molecule has 1 N–H and O–H groups in total. The number of nitrogens with one attached hydrogen (secondary N) is 1. The minimum atomic E-state index is 0.528. The van der Waals surface area contributed by atoms with E-state index in [1.54, 1.807) is 0 Å². The number of hydrogen-bond donors (Lipinski definition) is 1. The fraction of sp³-hybridized carbons (Fsp3) is 0.600. The van der Waals surface area contributed by atoms with Crippen LogP contribution in [0.5, 0.6) is 0 Å². The van der Waals surface area contributed by atoms with Crippen LogP contribution in [-0.4, -0.2) is 18.1 Å². The molecule has 86 valence electrons. The van der Waals surface area contributed by atoms with Crippen molar-refractivity contribution in [2.45, 2.75) is 25.9 Å². The van der Waals surface area contributed by atoms with Gasteiger partial charge in [-0.15, -0.1) is 0 Å². The molecule has 0 aliphatic heterocycles. The van der Waals surface area contributed by atoms with E-state index in [1.165, 1.54) is 12.2 Å². The Morgan fingerprint density at radius 2 is 2.27 bits per heavy atom. The normalized spacial score (nSPS) is 13.1. The van der Waals surface area contributed by atoms with Crippen molar-refractivity contribution in [1.29, 1.82) is 0 Å². The van der Waals surface area contributed by atoms with Crippen molar-refractivity contribution in [2.75, 3.05) is 12.0 Å². The minimum Gasteiger partial charge on any atom is -0.452 e. The van der Waals surface area contributed by atoms with Gasteiger partial charge in [0.05, 0.1) is 11.0 Å². The molecule has 1 aromatic heterocycles. The summed E-state index contributed by atoms with van der Waals surface area (Å²) in [7, 11) is 0. The highest BCUT2D eigenvalue weighted by Gasteiger charge is 2.07. The van der Waals surface area contributed by atoms with Gasteiger partial charge in [0.25, 0.3) is 0 Å². The summed E-state index contributed by atoms with van der Waals surface area (Å²) in [5.74, 6) is 2.14. The maximum atomic E-state index is 5.47. The molecule has 2 nitrogen and oxygen atoms in total. The van der Waals surface area contributed by atoms with Gasteiger partial charge in [-0.25, -0.2) is 0 Å². The van der Waals surface area contributed by atoms with Crippen LogP contribution >= 0.6 is 43.6 Å². The standard InChI is InChI=1S/C10H15Br2NOS/c1-7(3-4-15-2)13-6-8-5-9(11)10(12)14-8/h5,7,13H,3-4,6H2,1-2H3. The van der Waals surface area contributed by atoms with Gasteiger partial charge in [0.1, 0.15) is 5.76 Å². The molecule has 0 amide bonds. The number of halogens is 2. The van der Waals surface area contributed by atoms with Gasteiger partial charge in [-0.3, -0.25) is 0 Å². The van der Waals surface area contributed by atoms with Crippen LogP contribution in [0.15, 0.2) is 19.6 Å². The molecule has 0 aliphatic carbocycles. The first-order valence-corrected chi connectivity index (χ1v) is 7.77. The maximum absolute atomic E-state index is 5.47. The van der Waals surface area contributed by atoms with E-state index < -0.39 is 0 Å². The maximum Gasteiger partial charge on any atom is 0.183 e. The highest BCUT2D eigenvalue weighted by atomic mass is 79.9. The van der Waals surface area contributed by atoms with E-state index >= 15 is 0 Å². The summed E-state index contributed by atoms with van der Waals surface area (Å²) in [6.45, 7) is 2.98. The second kappa shape index (κ2) is 6.99. The Morgan fingerprint density at radius 3 is 2.80 bits per heavy atom. The van der Waals surface area contributed by atoms with Gasteiger partial charge in [0, 0.05) is 6.04 Å². The fourth-order valence-corrected chi connectivity index (χ4v) is 2.40. The Hall–Kier alpha value is 0.550. The zero-order valence-corrected chi connectivity index (χ0v) is 12.8. The number of rotatable bonds is 6. The van der Waals surface area contributed by atoms with Crippen LogP contribution in [0.1, 0.15) is 19.1 Å². The molecule has 0 spiro atoms. The third kappa shape index (κ3) is 4.93. The molecule has 0 bridgehead atoms. The van der Waals surface area contributed by atoms with E-state index in [2.05, 4.69) is 50.4 Å². The molecule has 1 heterocycles. The lowest BCUT2D eigenvalue weighted by Gasteiger charge is -2.11. The predicted octanol–water partition coefficient (Wildman–Crippen LogP) is 4.04. The first kappa shape index (κ1) is 13.6. The molecular formula is C10H15Br2NOS. The van der Waals surface area contributed by atoms with E-state index in [1.807, 2.05) is 17.8 Å². The summed E-state index contributed by atoms with van der Waals surface area (Å²) in [4.78, 5) is 0. The topological polar surface area (TPSA) is 25.2 Å². The number of thioether (sulfide) groups is 1. The van der Waals surface area contributed by atoms with E-state index in [0.29, 0.717) is 6.04 Å². The Morgan fingerprint density at radius 1 is 1.53 bits per heavy atom. The smallest absolute Gasteiger partial charge is 0.183 e. The van der Waals surface area contributed by atoms with Crippen LogP contribution in [0.3, 0.4) is 0 Å². The average molecular weight is 357 g/mol. The van der Waals surface area contributed by atoms with Crippen molar-refractivity contribution in [3.63, 3.8) is 0 Å². The van der Waals surface area contributed by atoms with E-state index in [9.17, 15) is 0 Å². The second-order valence-electron chi connectivity index (χ2n) is 3.40. The summed E-state index contributed by atoms with van der Waals surface area (Å²) >= 11 is 8.59. The molecule has 0 fully saturated rings. The van der Waals surface area contributed by atoms with Crippen molar-refractivity contribution >= 4 is 43.6 Å². The molecule has 1 rings (SSSR count). The molecule has 5 heteroatoms. The van der Waals surface area contributed by atoms with Gasteiger partial charge in [-0.2, -0.15) is 11.8 Å². The van der Waals surface area contributed by atoms with Crippen LogP contribution in [0, 0.1) is 0 Å². The first-order valence-electron chi connectivity index (χ1n) is 4.79. The predicted molar refractivity (Wildman–Crippen MR) is 73.4 cm³/mol. The molecule has 0 radical (unpaired) electrons. The molecule has 15 heavy (non-hydrogen) atoms. The summed E-state index contributed by atoms with van der Waals surface area (Å²) in [5.41, 5.74) is 0. The lowest BCUT2D eigenvalue weighted by atomic mass is 10.2. The summed E-state index contributed by atoms with van der Waals surface area (Å²) in [5, 5.41) is 3.43. The second-order valence-corrected chi connectivity index (χ2v) is 5.96. The number of hydrogen-bond acceptors (Lipinski definition) is 3. The largest absolute Gasteiger partial charge is 0.452 e. The zero-order valence-electron chi connectivity index (χ0n) is 8.85. The monoisotopic (exact) mass is 355 g/mol. The van der Waals surface area contributed by atoms with Gasteiger partial charge < -0.3 is 9.73 Å². The first-order chi connectivity index (χ1) is 7.13. The van der Waals surface area contributed by atoms with E-state index in [4.69, 9.17) is 4.42 Å². The molecule has 0 saturated heterocycles. The lowest BCUT2D eigenvalue weighted by Crippen LogP contribution is -2.25. The van der Waals surface area contributed by atoms with Crippen molar-refractivity contribution in [1.82, 2.24) is 5.32 Å². The van der Waals surface area contributed by atoms with Crippen molar-refractivity contribution in [3.05, 3.63) is 21.0 Å². The minimum absolute atomic E-state index is 0.528. The highest BCUT2D eigenvalue weighted by molar-refractivity contribution is 9.13. The highest BCUT2D eigenvalue weighted by Crippen LogP contribution is 2.26. The third-order valence-electron chi connectivity index (χ3n) is 2.08. The lowest BCUT2D eigenvalue weighted by molar-refractivity contribution is 0.439.